The maximum absolute atomic E-state index is 12.0. The number of aryl methyl sites for hydroxylation is 2. The van der Waals surface area contributed by atoms with E-state index in [1.54, 1.807) is 0 Å². The van der Waals surface area contributed by atoms with E-state index in [-0.39, 0.29) is 23.4 Å². The summed E-state index contributed by atoms with van der Waals surface area (Å²) in [6, 6.07) is 1.81. The molecule has 0 aromatic carbocycles. The number of hydrogen-bond acceptors (Lipinski definition) is 3. The van der Waals surface area contributed by atoms with Crippen LogP contribution in [0.3, 0.4) is 0 Å². The van der Waals surface area contributed by atoms with Crippen LogP contribution < -0.4 is 11.1 Å². The Morgan fingerprint density at radius 2 is 2.00 bits per heavy atom. The minimum Gasteiger partial charge on any atom is -0.466 e. The Hall–Kier alpha value is -1.29. The highest BCUT2D eigenvalue weighted by molar-refractivity contribution is 5.77. The second kappa shape index (κ2) is 6.44. The molecule has 1 amide bonds. The average molecular weight is 280 g/mol. The fraction of sp³-hybridized carbons (Fsp3) is 0.688. The first-order chi connectivity index (χ1) is 9.08. The number of amides is 1. The Labute approximate surface area is 122 Å². The number of nitrogens with one attached hydrogen (secondary N) is 1. The van der Waals surface area contributed by atoms with Gasteiger partial charge in [-0.2, -0.15) is 0 Å². The number of furan rings is 1. The first kappa shape index (κ1) is 16.8. The smallest absolute Gasteiger partial charge is 0.222 e. The minimum atomic E-state index is -0.102. The fourth-order valence-corrected chi connectivity index (χ4v) is 2.56. The maximum Gasteiger partial charge on any atom is 0.222 e. The lowest BCUT2D eigenvalue weighted by Crippen LogP contribution is -2.35. The van der Waals surface area contributed by atoms with Crippen LogP contribution in [0.2, 0.25) is 0 Å². The van der Waals surface area contributed by atoms with E-state index in [2.05, 4.69) is 26.1 Å². The summed E-state index contributed by atoms with van der Waals surface area (Å²) in [5, 5.41) is 2.99. The molecule has 2 unspecified atom stereocenters. The van der Waals surface area contributed by atoms with Crippen LogP contribution in [-0.2, 0) is 4.79 Å². The van der Waals surface area contributed by atoms with E-state index in [0.717, 1.165) is 23.5 Å². The highest BCUT2D eigenvalue weighted by Crippen LogP contribution is 2.23. The topological polar surface area (TPSA) is 68.3 Å². The summed E-state index contributed by atoms with van der Waals surface area (Å²) in [5.41, 5.74) is 7.20. The van der Waals surface area contributed by atoms with Crippen LogP contribution >= 0.6 is 0 Å². The van der Waals surface area contributed by atoms with Gasteiger partial charge in [0.15, 0.2) is 0 Å². The summed E-state index contributed by atoms with van der Waals surface area (Å²) < 4.78 is 5.49. The van der Waals surface area contributed by atoms with Crippen LogP contribution in [-0.4, -0.2) is 11.9 Å². The van der Waals surface area contributed by atoms with Gasteiger partial charge in [0, 0.05) is 18.0 Å². The predicted molar refractivity (Wildman–Crippen MR) is 81.4 cm³/mol. The lowest BCUT2D eigenvalue weighted by atomic mass is 9.87. The normalized spacial score (nSPS) is 14.9. The van der Waals surface area contributed by atoms with Crippen molar-refractivity contribution in [2.45, 2.75) is 66.5 Å². The molecule has 20 heavy (non-hydrogen) atoms. The zero-order valence-corrected chi connectivity index (χ0v) is 13.5. The van der Waals surface area contributed by atoms with E-state index in [9.17, 15) is 4.79 Å². The van der Waals surface area contributed by atoms with Crippen molar-refractivity contribution in [3.05, 3.63) is 23.2 Å². The summed E-state index contributed by atoms with van der Waals surface area (Å²) in [4.78, 5) is 12.0. The molecule has 1 aromatic rings. The van der Waals surface area contributed by atoms with Gasteiger partial charge in [0.1, 0.15) is 11.5 Å². The molecule has 1 rings (SSSR count). The molecule has 4 heteroatoms. The molecule has 0 radical (unpaired) electrons. The molecule has 0 aliphatic heterocycles. The van der Waals surface area contributed by atoms with E-state index < -0.39 is 0 Å². The van der Waals surface area contributed by atoms with Crippen molar-refractivity contribution in [2.24, 2.45) is 11.1 Å². The number of carbonyl (C=O) groups is 1. The summed E-state index contributed by atoms with van der Waals surface area (Å²) in [7, 11) is 0. The molecule has 0 fully saturated rings. The highest BCUT2D eigenvalue weighted by Gasteiger charge is 2.20. The first-order valence-electron chi connectivity index (χ1n) is 7.20. The average Bonchev–Trinajstić information content (AvgIpc) is 2.54. The summed E-state index contributed by atoms with van der Waals surface area (Å²) >= 11 is 0. The third-order valence-corrected chi connectivity index (χ3v) is 3.25. The molecule has 2 atom stereocenters. The molecule has 0 aliphatic carbocycles. The SMILES string of the molecule is Cc1cc(C(C)NC(=O)CC(N)CC(C)(C)C)c(C)o1. The van der Waals surface area contributed by atoms with E-state index >= 15 is 0 Å². The van der Waals surface area contributed by atoms with Gasteiger partial charge in [-0.1, -0.05) is 20.8 Å². The monoisotopic (exact) mass is 280 g/mol. The van der Waals surface area contributed by atoms with Crippen LogP contribution in [0, 0.1) is 19.3 Å². The van der Waals surface area contributed by atoms with Gasteiger partial charge in [0.25, 0.3) is 0 Å². The fourth-order valence-electron chi connectivity index (χ4n) is 2.56. The Kier molecular flexibility index (Phi) is 5.40. The van der Waals surface area contributed by atoms with Gasteiger partial charge >= 0.3 is 0 Å². The molecule has 0 bridgehead atoms. The van der Waals surface area contributed by atoms with E-state index in [4.69, 9.17) is 10.2 Å². The molecule has 114 valence electrons. The third kappa shape index (κ3) is 5.37. The van der Waals surface area contributed by atoms with Crippen molar-refractivity contribution in [3.8, 4) is 0 Å². The van der Waals surface area contributed by atoms with Crippen molar-refractivity contribution in [1.29, 1.82) is 0 Å². The minimum absolute atomic E-state index is 0.00694. The second-order valence-corrected chi connectivity index (χ2v) is 6.89. The molecule has 0 spiro atoms. The molecule has 1 heterocycles. The number of hydrogen-bond donors (Lipinski definition) is 2. The van der Waals surface area contributed by atoms with Crippen LogP contribution in [0.15, 0.2) is 10.5 Å². The molecule has 1 aromatic heterocycles. The van der Waals surface area contributed by atoms with Crippen LogP contribution in [0.4, 0.5) is 0 Å². The Morgan fingerprint density at radius 1 is 1.40 bits per heavy atom. The van der Waals surface area contributed by atoms with Gasteiger partial charge in [-0.05, 0) is 38.7 Å². The zero-order valence-electron chi connectivity index (χ0n) is 13.5. The van der Waals surface area contributed by atoms with Crippen molar-refractivity contribution in [2.75, 3.05) is 0 Å². The predicted octanol–water partition coefficient (Wildman–Crippen LogP) is 3.23. The van der Waals surface area contributed by atoms with Gasteiger partial charge in [-0.15, -0.1) is 0 Å². The van der Waals surface area contributed by atoms with Gasteiger partial charge in [0.05, 0.1) is 6.04 Å². The van der Waals surface area contributed by atoms with Crippen molar-refractivity contribution in [3.63, 3.8) is 0 Å². The summed E-state index contributed by atoms with van der Waals surface area (Å²) in [6.07, 6.45) is 1.19. The number of rotatable bonds is 5. The summed E-state index contributed by atoms with van der Waals surface area (Å²) in [6.45, 7) is 12.2. The van der Waals surface area contributed by atoms with Crippen molar-refractivity contribution < 1.29 is 9.21 Å². The molecular formula is C16H28N2O2. The van der Waals surface area contributed by atoms with Gasteiger partial charge in [-0.3, -0.25) is 4.79 Å². The lowest BCUT2D eigenvalue weighted by Gasteiger charge is -2.23. The summed E-state index contributed by atoms with van der Waals surface area (Å²) in [5.74, 6) is 1.71. The second-order valence-electron chi connectivity index (χ2n) is 6.89. The standard InChI is InChI=1S/C16H28N2O2/c1-10-7-14(12(3)20-10)11(2)18-15(19)8-13(17)9-16(4,5)6/h7,11,13H,8-9,17H2,1-6H3,(H,18,19). The van der Waals surface area contributed by atoms with E-state index in [0.29, 0.717) is 6.42 Å². The molecule has 0 saturated heterocycles. The molecule has 0 aliphatic rings. The quantitative estimate of drug-likeness (QED) is 0.870. The molecule has 4 nitrogen and oxygen atoms in total. The Bertz CT molecular complexity index is 458. The lowest BCUT2D eigenvalue weighted by molar-refractivity contribution is -0.122. The molecule has 3 N–H and O–H groups in total. The van der Waals surface area contributed by atoms with Crippen LogP contribution in [0.5, 0.6) is 0 Å². The maximum atomic E-state index is 12.0. The van der Waals surface area contributed by atoms with E-state index in [1.165, 1.54) is 0 Å². The zero-order chi connectivity index (χ0) is 15.5. The van der Waals surface area contributed by atoms with Gasteiger partial charge in [-0.25, -0.2) is 0 Å². The number of carbonyl (C=O) groups excluding carboxylic acids is 1. The van der Waals surface area contributed by atoms with E-state index in [1.807, 2.05) is 26.8 Å². The van der Waals surface area contributed by atoms with Crippen molar-refractivity contribution in [1.82, 2.24) is 5.32 Å². The first-order valence-corrected chi connectivity index (χ1v) is 7.20. The van der Waals surface area contributed by atoms with Crippen LogP contribution in [0.25, 0.3) is 0 Å². The molecular weight excluding hydrogens is 252 g/mol. The van der Waals surface area contributed by atoms with Gasteiger partial charge < -0.3 is 15.5 Å². The largest absolute Gasteiger partial charge is 0.466 e. The molecule has 0 saturated carbocycles. The van der Waals surface area contributed by atoms with Crippen molar-refractivity contribution >= 4 is 5.91 Å². The van der Waals surface area contributed by atoms with Crippen LogP contribution in [0.1, 0.15) is 63.7 Å². The Morgan fingerprint density at radius 3 is 2.45 bits per heavy atom. The Balaban J connectivity index is 2.52. The highest BCUT2D eigenvalue weighted by atomic mass is 16.3. The number of nitrogens with two attached hydrogens (primary N) is 1. The third-order valence-electron chi connectivity index (χ3n) is 3.25. The van der Waals surface area contributed by atoms with Gasteiger partial charge in [0.2, 0.25) is 5.91 Å².